The third-order valence-electron chi connectivity index (χ3n) is 2.27. The van der Waals surface area contributed by atoms with Crippen LogP contribution in [0.15, 0.2) is 53.4 Å². The fourth-order valence-corrected chi connectivity index (χ4v) is 2.41. The highest BCUT2D eigenvalue weighted by Crippen LogP contribution is 2.17. The number of halogens is 1. The van der Waals surface area contributed by atoms with Gasteiger partial charge in [0.2, 0.25) is 0 Å². The molecule has 0 amide bonds. The van der Waals surface area contributed by atoms with Gasteiger partial charge >= 0.3 is 0 Å². The SMILES string of the molecule is Cc1ccc([S@@](=O)Nc2cccc(Cl)c2)cc1. The molecule has 2 aromatic rings. The summed E-state index contributed by atoms with van der Waals surface area (Å²) >= 11 is 5.86. The lowest BCUT2D eigenvalue weighted by Gasteiger charge is -2.06. The highest BCUT2D eigenvalue weighted by atomic mass is 35.5. The summed E-state index contributed by atoms with van der Waals surface area (Å²) < 4.78 is 14.9. The van der Waals surface area contributed by atoms with Crippen LogP contribution < -0.4 is 4.72 Å². The number of hydrogen-bond acceptors (Lipinski definition) is 1. The Labute approximate surface area is 108 Å². The minimum absolute atomic E-state index is 0.621. The molecule has 0 aliphatic heterocycles. The average Bonchev–Trinajstić information content (AvgIpc) is 2.29. The molecular weight excluding hydrogens is 254 g/mol. The van der Waals surface area contributed by atoms with Gasteiger partial charge in [-0.25, -0.2) is 4.21 Å². The van der Waals surface area contributed by atoms with Crippen molar-refractivity contribution >= 4 is 28.3 Å². The molecule has 0 radical (unpaired) electrons. The molecule has 4 heteroatoms. The summed E-state index contributed by atoms with van der Waals surface area (Å²) in [5, 5.41) is 0.621. The van der Waals surface area contributed by atoms with Gasteiger partial charge in [-0.1, -0.05) is 35.4 Å². The van der Waals surface area contributed by atoms with Crippen molar-refractivity contribution in [2.45, 2.75) is 11.8 Å². The van der Waals surface area contributed by atoms with Crippen LogP contribution in [0.1, 0.15) is 5.56 Å². The molecule has 0 fully saturated rings. The predicted octanol–water partition coefficient (Wildman–Crippen LogP) is 3.78. The van der Waals surface area contributed by atoms with Crippen LogP contribution in [-0.4, -0.2) is 4.21 Å². The van der Waals surface area contributed by atoms with Crippen LogP contribution in [0.25, 0.3) is 0 Å². The summed E-state index contributed by atoms with van der Waals surface area (Å²) in [4.78, 5) is 0.746. The van der Waals surface area contributed by atoms with E-state index < -0.39 is 11.0 Å². The summed E-state index contributed by atoms with van der Waals surface area (Å²) in [5.41, 5.74) is 1.89. The van der Waals surface area contributed by atoms with E-state index in [2.05, 4.69) is 4.72 Å². The van der Waals surface area contributed by atoms with Crippen molar-refractivity contribution < 1.29 is 4.21 Å². The minimum Gasteiger partial charge on any atom is -0.301 e. The van der Waals surface area contributed by atoms with Crippen molar-refractivity contribution in [3.05, 3.63) is 59.1 Å². The normalized spacial score (nSPS) is 12.1. The first-order chi connectivity index (χ1) is 8.15. The molecular formula is C13H12ClNOS. The monoisotopic (exact) mass is 265 g/mol. The van der Waals surface area contributed by atoms with Gasteiger partial charge in [0.05, 0.1) is 4.90 Å². The standard InChI is InChI=1S/C13H12ClNOS/c1-10-5-7-13(8-6-10)17(16)15-12-4-2-3-11(14)9-12/h2-9,15H,1H3/t17-/m1/s1. The summed E-state index contributed by atoms with van der Waals surface area (Å²) in [5.74, 6) is 0. The first-order valence-electron chi connectivity index (χ1n) is 5.16. The Hall–Kier alpha value is -1.32. The maximum absolute atomic E-state index is 12.0. The lowest BCUT2D eigenvalue weighted by molar-refractivity contribution is 0.686. The van der Waals surface area contributed by atoms with E-state index in [0.29, 0.717) is 5.02 Å². The Morgan fingerprint density at radius 1 is 1.12 bits per heavy atom. The fourth-order valence-electron chi connectivity index (χ4n) is 1.38. The third kappa shape index (κ3) is 3.32. The number of rotatable bonds is 3. The molecule has 2 nitrogen and oxygen atoms in total. The smallest absolute Gasteiger partial charge is 0.150 e. The Morgan fingerprint density at radius 3 is 2.47 bits per heavy atom. The largest absolute Gasteiger partial charge is 0.301 e. The summed E-state index contributed by atoms with van der Waals surface area (Å²) in [7, 11) is -1.26. The molecule has 0 saturated heterocycles. The molecule has 17 heavy (non-hydrogen) atoms. The van der Waals surface area contributed by atoms with Gasteiger partial charge in [0, 0.05) is 10.7 Å². The lowest BCUT2D eigenvalue weighted by Crippen LogP contribution is -2.04. The molecule has 2 rings (SSSR count). The highest BCUT2D eigenvalue weighted by Gasteiger charge is 2.03. The lowest BCUT2D eigenvalue weighted by atomic mass is 10.2. The second kappa shape index (κ2) is 5.34. The van der Waals surface area contributed by atoms with E-state index in [1.165, 1.54) is 0 Å². The van der Waals surface area contributed by atoms with Crippen molar-refractivity contribution in [1.82, 2.24) is 0 Å². The van der Waals surface area contributed by atoms with E-state index in [9.17, 15) is 4.21 Å². The van der Waals surface area contributed by atoms with Crippen LogP contribution in [0.3, 0.4) is 0 Å². The molecule has 1 atom stereocenters. The minimum atomic E-state index is -1.26. The molecule has 0 heterocycles. The van der Waals surface area contributed by atoms with Gasteiger partial charge in [0.15, 0.2) is 0 Å². The fraction of sp³-hybridized carbons (Fsp3) is 0.0769. The molecule has 88 valence electrons. The van der Waals surface area contributed by atoms with E-state index in [4.69, 9.17) is 11.6 Å². The molecule has 1 N–H and O–H groups in total. The molecule has 0 unspecified atom stereocenters. The zero-order valence-electron chi connectivity index (χ0n) is 9.31. The van der Waals surface area contributed by atoms with Gasteiger partial charge in [-0.2, -0.15) is 0 Å². The number of aryl methyl sites for hydroxylation is 1. The zero-order valence-corrected chi connectivity index (χ0v) is 10.9. The molecule has 0 aromatic heterocycles. The molecule has 2 aromatic carbocycles. The van der Waals surface area contributed by atoms with Gasteiger partial charge in [-0.3, -0.25) is 0 Å². The Bertz CT molecular complexity index is 539. The van der Waals surface area contributed by atoms with Crippen molar-refractivity contribution in [3.63, 3.8) is 0 Å². The van der Waals surface area contributed by atoms with Crippen molar-refractivity contribution in [2.75, 3.05) is 4.72 Å². The van der Waals surface area contributed by atoms with Crippen LogP contribution in [0.4, 0.5) is 5.69 Å². The van der Waals surface area contributed by atoms with E-state index in [1.807, 2.05) is 43.3 Å². The topological polar surface area (TPSA) is 29.1 Å². The quantitative estimate of drug-likeness (QED) is 0.899. The number of anilines is 1. The van der Waals surface area contributed by atoms with Crippen LogP contribution in [0.5, 0.6) is 0 Å². The van der Waals surface area contributed by atoms with Gasteiger partial charge in [0.25, 0.3) is 0 Å². The van der Waals surface area contributed by atoms with Gasteiger partial charge < -0.3 is 4.72 Å². The second-order valence-electron chi connectivity index (χ2n) is 3.69. The van der Waals surface area contributed by atoms with E-state index in [1.54, 1.807) is 12.1 Å². The number of hydrogen-bond donors (Lipinski definition) is 1. The molecule has 0 saturated carbocycles. The maximum atomic E-state index is 12.0. The number of benzene rings is 2. The Kier molecular flexibility index (Phi) is 3.82. The van der Waals surface area contributed by atoms with E-state index >= 15 is 0 Å². The Balaban J connectivity index is 2.14. The highest BCUT2D eigenvalue weighted by molar-refractivity contribution is 7.86. The average molecular weight is 266 g/mol. The third-order valence-corrected chi connectivity index (χ3v) is 3.63. The van der Waals surface area contributed by atoms with Gasteiger partial charge in [-0.15, -0.1) is 0 Å². The van der Waals surface area contributed by atoms with Gasteiger partial charge in [0.1, 0.15) is 11.0 Å². The van der Waals surface area contributed by atoms with Crippen LogP contribution in [0.2, 0.25) is 5.02 Å². The van der Waals surface area contributed by atoms with Crippen LogP contribution in [-0.2, 0) is 11.0 Å². The first kappa shape index (κ1) is 12.1. The molecule has 0 aliphatic carbocycles. The van der Waals surface area contributed by atoms with E-state index in [0.717, 1.165) is 16.1 Å². The van der Waals surface area contributed by atoms with Gasteiger partial charge in [-0.05, 0) is 37.3 Å². The molecule has 0 spiro atoms. The zero-order chi connectivity index (χ0) is 12.3. The second-order valence-corrected chi connectivity index (χ2v) is 5.34. The van der Waals surface area contributed by atoms with Crippen molar-refractivity contribution in [2.24, 2.45) is 0 Å². The maximum Gasteiger partial charge on any atom is 0.150 e. The predicted molar refractivity (Wildman–Crippen MR) is 72.7 cm³/mol. The van der Waals surface area contributed by atoms with Crippen molar-refractivity contribution in [3.8, 4) is 0 Å². The van der Waals surface area contributed by atoms with Crippen LogP contribution in [0, 0.1) is 6.92 Å². The molecule has 0 bridgehead atoms. The summed E-state index contributed by atoms with van der Waals surface area (Å²) in [6.07, 6.45) is 0. The van der Waals surface area contributed by atoms with Crippen molar-refractivity contribution in [1.29, 1.82) is 0 Å². The van der Waals surface area contributed by atoms with E-state index in [-0.39, 0.29) is 0 Å². The Morgan fingerprint density at radius 2 is 1.82 bits per heavy atom. The van der Waals surface area contributed by atoms with Crippen LogP contribution >= 0.6 is 11.6 Å². The summed E-state index contributed by atoms with van der Waals surface area (Å²) in [6, 6.07) is 14.7. The first-order valence-corrected chi connectivity index (χ1v) is 6.68. The summed E-state index contributed by atoms with van der Waals surface area (Å²) in [6.45, 7) is 2.00. The number of nitrogens with one attached hydrogen (secondary N) is 1. The molecule has 0 aliphatic rings.